The molecule has 0 aromatic heterocycles. The van der Waals surface area contributed by atoms with Gasteiger partial charge in [-0.3, -0.25) is 0 Å². The molecule has 1 atom stereocenters. The first-order valence-electron chi connectivity index (χ1n) is 4.03. The highest BCUT2D eigenvalue weighted by molar-refractivity contribution is 5.04. The minimum Gasteiger partial charge on any atom is -0.326 e. The van der Waals surface area contributed by atoms with Gasteiger partial charge in [-0.05, 0) is 34.1 Å². The van der Waals surface area contributed by atoms with Crippen molar-refractivity contribution in [3.63, 3.8) is 0 Å². The van der Waals surface area contributed by atoms with Crippen molar-refractivity contribution in [1.82, 2.24) is 5.06 Å². The second-order valence-electron chi connectivity index (χ2n) is 4.59. The van der Waals surface area contributed by atoms with Gasteiger partial charge in [-0.1, -0.05) is 0 Å². The maximum Gasteiger partial charge on any atom is 0.0561 e. The molecule has 0 saturated carbocycles. The second-order valence-corrected chi connectivity index (χ2v) is 4.59. The fourth-order valence-electron chi connectivity index (χ4n) is 1.81. The lowest BCUT2D eigenvalue weighted by molar-refractivity contribution is -0.193. The molecule has 0 radical (unpaired) electrons. The molecule has 66 valence electrons. The SMILES string of the molecule is CC1(C)CC(N)C(C)(C)[14N]1O. The van der Waals surface area contributed by atoms with Gasteiger partial charge in [0.2, 0.25) is 0 Å². The summed E-state index contributed by atoms with van der Waals surface area (Å²) in [7, 11) is 0. The third kappa shape index (κ3) is 1.17. The van der Waals surface area contributed by atoms with E-state index in [2.05, 4.69) is 0 Å². The number of nitrogens with two attached hydrogens (primary N) is 1. The van der Waals surface area contributed by atoms with Crippen molar-refractivity contribution in [3.05, 3.63) is 0 Å². The summed E-state index contributed by atoms with van der Waals surface area (Å²) in [5, 5.41) is 11.1. The summed E-state index contributed by atoms with van der Waals surface area (Å²) in [6.45, 7) is 7.93. The zero-order valence-corrected chi connectivity index (χ0v) is 7.76. The maximum atomic E-state index is 9.71. The Balaban J connectivity index is 2.89. The molecule has 1 fully saturated rings. The molecular formula is C8H18N2O. The van der Waals surface area contributed by atoms with Gasteiger partial charge in [0, 0.05) is 11.6 Å². The van der Waals surface area contributed by atoms with Gasteiger partial charge in [-0.2, -0.15) is 5.06 Å². The first-order valence-corrected chi connectivity index (χ1v) is 4.03. The van der Waals surface area contributed by atoms with Crippen LogP contribution in [-0.2, 0) is 0 Å². The highest BCUT2D eigenvalue weighted by Gasteiger charge is 2.49. The molecular weight excluding hydrogens is 140 g/mol. The average Bonchev–Trinajstić information content (AvgIpc) is 1.94. The molecule has 0 aliphatic carbocycles. The minimum atomic E-state index is -0.288. The Morgan fingerprint density at radius 3 is 1.91 bits per heavy atom. The summed E-state index contributed by atoms with van der Waals surface area (Å²) >= 11 is 0. The lowest BCUT2D eigenvalue weighted by Crippen LogP contribution is -2.50. The van der Waals surface area contributed by atoms with Crippen LogP contribution >= 0.6 is 0 Å². The summed E-state index contributed by atoms with van der Waals surface area (Å²) in [5.41, 5.74) is 5.41. The van der Waals surface area contributed by atoms with E-state index >= 15 is 0 Å². The van der Waals surface area contributed by atoms with E-state index in [4.69, 9.17) is 5.73 Å². The van der Waals surface area contributed by atoms with Crippen LogP contribution in [0.15, 0.2) is 0 Å². The van der Waals surface area contributed by atoms with Crippen molar-refractivity contribution in [1.29, 1.82) is 0 Å². The highest BCUT2D eigenvalue weighted by Crippen LogP contribution is 2.37. The van der Waals surface area contributed by atoms with Crippen LogP contribution in [0.2, 0.25) is 0 Å². The Morgan fingerprint density at radius 1 is 1.36 bits per heavy atom. The Hall–Kier alpha value is -0.120. The van der Waals surface area contributed by atoms with E-state index in [1.54, 1.807) is 0 Å². The third-order valence-corrected chi connectivity index (χ3v) is 2.75. The van der Waals surface area contributed by atoms with E-state index in [0.717, 1.165) is 6.42 Å². The van der Waals surface area contributed by atoms with E-state index < -0.39 is 0 Å². The molecule has 0 amide bonds. The van der Waals surface area contributed by atoms with Crippen LogP contribution in [0.4, 0.5) is 0 Å². The quantitative estimate of drug-likeness (QED) is 0.552. The lowest BCUT2D eigenvalue weighted by Gasteiger charge is -2.34. The first-order chi connectivity index (χ1) is 4.78. The molecule has 1 rings (SSSR count). The average molecular weight is 158 g/mol. The lowest BCUT2D eigenvalue weighted by atomic mass is 9.95. The van der Waals surface area contributed by atoms with Crippen molar-refractivity contribution in [3.8, 4) is 0 Å². The predicted molar refractivity (Wildman–Crippen MR) is 44.4 cm³/mol. The number of nitrogens with zero attached hydrogens (tertiary/aromatic N) is 1. The Kier molecular flexibility index (Phi) is 1.78. The zero-order valence-electron chi connectivity index (χ0n) is 7.76. The van der Waals surface area contributed by atoms with Crippen LogP contribution in [0.5, 0.6) is 0 Å². The van der Waals surface area contributed by atoms with Crippen LogP contribution in [0.3, 0.4) is 0 Å². The number of hydroxylamine groups is 2. The highest BCUT2D eigenvalue weighted by atomic mass is 16.5. The van der Waals surface area contributed by atoms with Crippen molar-refractivity contribution >= 4 is 0 Å². The molecule has 3 heteroatoms. The predicted octanol–water partition coefficient (Wildman–Crippen LogP) is 0.966. The second kappa shape index (κ2) is 2.19. The van der Waals surface area contributed by atoms with Crippen LogP contribution < -0.4 is 5.73 Å². The molecule has 3 N–H and O–H groups in total. The first kappa shape index (κ1) is 8.97. The molecule has 11 heavy (non-hydrogen) atoms. The number of hydrogen-bond acceptors (Lipinski definition) is 3. The minimum absolute atomic E-state index is 0.0579. The molecule has 1 heterocycles. The van der Waals surface area contributed by atoms with Gasteiger partial charge in [0.1, 0.15) is 0 Å². The maximum absolute atomic E-state index is 9.71. The molecule has 1 unspecified atom stereocenters. The fourth-order valence-corrected chi connectivity index (χ4v) is 1.81. The van der Waals surface area contributed by atoms with Crippen molar-refractivity contribution in [2.24, 2.45) is 5.73 Å². The molecule has 1 saturated heterocycles. The largest absolute Gasteiger partial charge is 0.326 e. The van der Waals surface area contributed by atoms with E-state index in [1.165, 1.54) is 5.06 Å². The summed E-state index contributed by atoms with van der Waals surface area (Å²) < 4.78 is 0. The summed E-state index contributed by atoms with van der Waals surface area (Å²) in [6.07, 6.45) is 0.844. The number of hydrogen-bond donors (Lipinski definition) is 2. The fraction of sp³-hybridized carbons (Fsp3) is 1.00. The molecule has 0 bridgehead atoms. The van der Waals surface area contributed by atoms with Gasteiger partial charge in [0.25, 0.3) is 0 Å². The number of rotatable bonds is 0. The molecule has 0 aromatic rings. The monoisotopic (exact) mass is 158 g/mol. The van der Waals surface area contributed by atoms with Crippen LogP contribution in [0.25, 0.3) is 0 Å². The van der Waals surface area contributed by atoms with E-state index in [9.17, 15) is 5.21 Å². The molecule has 1 aliphatic heterocycles. The van der Waals surface area contributed by atoms with Crippen LogP contribution in [0, 0.1) is 0 Å². The van der Waals surface area contributed by atoms with Gasteiger partial charge in [-0.25, -0.2) is 0 Å². The van der Waals surface area contributed by atoms with Crippen LogP contribution in [-0.4, -0.2) is 27.4 Å². The topological polar surface area (TPSA) is 49.5 Å². The van der Waals surface area contributed by atoms with E-state index in [0.29, 0.717) is 0 Å². The Morgan fingerprint density at radius 2 is 1.82 bits per heavy atom. The smallest absolute Gasteiger partial charge is 0.0561 e. The normalized spacial score (nSPS) is 36.0. The molecule has 3 nitrogen and oxygen atoms in total. The van der Waals surface area contributed by atoms with Gasteiger partial charge < -0.3 is 10.9 Å². The van der Waals surface area contributed by atoms with Crippen molar-refractivity contribution < 1.29 is 5.21 Å². The van der Waals surface area contributed by atoms with E-state index in [1.807, 2.05) is 27.7 Å². The third-order valence-electron chi connectivity index (χ3n) is 2.75. The molecule has 1 aliphatic rings. The summed E-state index contributed by atoms with van der Waals surface area (Å²) in [5.74, 6) is 0. The zero-order chi connectivity index (χ0) is 8.86. The van der Waals surface area contributed by atoms with Gasteiger partial charge in [-0.15, -0.1) is 0 Å². The Labute approximate surface area is 68.1 Å². The molecule has 0 aromatic carbocycles. The van der Waals surface area contributed by atoms with Crippen molar-refractivity contribution in [2.75, 3.05) is 0 Å². The van der Waals surface area contributed by atoms with Gasteiger partial charge >= 0.3 is 0 Å². The van der Waals surface area contributed by atoms with Gasteiger partial charge in [0.15, 0.2) is 0 Å². The standard InChI is InChI=1S/C8H18N2O/c1-7(2)5-6(9)8(3,4)10(7)11/h6,11H,5,9H2,1-4H3/i10+0. The van der Waals surface area contributed by atoms with Crippen molar-refractivity contribution in [2.45, 2.75) is 51.2 Å². The van der Waals surface area contributed by atoms with E-state index in [-0.39, 0.29) is 17.1 Å². The molecule has 0 spiro atoms. The van der Waals surface area contributed by atoms with Gasteiger partial charge in [0.05, 0.1) is 5.54 Å². The van der Waals surface area contributed by atoms with Crippen LogP contribution in [0.1, 0.15) is 34.1 Å². The summed E-state index contributed by atoms with van der Waals surface area (Å²) in [4.78, 5) is 0. The Bertz CT molecular complexity index is 165. The summed E-state index contributed by atoms with van der Waals surface area (Å²) in [6, 6.07) is 0.0579.